The van der Waals surface area contributed by atoms with Crippen LogP contribution < -0.4 is 10.1 Å². The van der Waals surface area contributed by atoms with Crippen molar-refractivity contribution in [3.8, 4) is 28.7 Å². The quantitative estimate of drug-likeness (QED) is 0.342. The average molecular weight is 504 g/mol. The van der Waals surface area contributed by atoms with Gasteiger partial charge in [0.2, 0.25) is 0 Å². The minimum Gasteiger partial charge on any atom is -0.465 e. The number of aromatic nitrogens is 2. The van der Waals surface area contributed by atoms with Gasteiger partial charge in [0.25, 0.3) is 6.02 Å². The number of fused-ring (bicyclic) bond motifs is 1. The second-order valence-corrected chi connectivity index (χ2v) is 8.80. The van der Waals surface area contributed by atoms with Crippen LogP contribution >= 0.6 is 0 Å². The molecule has 0 bridgehead atoms. The Morgan fingerprint density at radius 3 is 2.70 bits per heavy atom. The summed E-state index contributed by atoms with van der Waals surface area (Å²) in [6.07, 6.45) is 3.21. The number of H-pyrrole nitrogens is 1. The molecule has 0 radical (unpaired) electrons. The van der Waals surface area contributed by atoms with Crippen LogP contribution in [0.1, 0.15) is 18.1 Å². The first kappa shape index (κ1) is 24.2. The molecule has 3 heterocycles. The van der Waals surface area contributed by atoms with E-state index in [1.54, 1.807) is 18.3 Å². The number of halogens is 2. The molecular weight excluding hydrogens is 480 g/mol. The zero-order valence-corrected chi connectivity index (χ0v) is 20.0. The molecule has 2 aromatic heterocycles. The van der Waals surface area contributed by atoms with Gasteiger partial charge in [-0.1, -0.05) is 12.1 Å². The normalized spacial score (nSPS) is 17.1. The predicted molar refractivity (Wildman–Crippen MR) is 134 cm³/mol. The average Bonchev–Trinajstić information content (AvgIpc) is 3.31. The lowest BCUT2D eigenvalue weighted by Crippen LogP contribution is -2.35. The molecule has 2 atom stereocenters. The second kappa shape index (κ2) is 9.87. The molecule has 188 valence electrons. The van der Waals surface area contributed by atoms with Crippen molar-refractivity contribution in [2.24, 2.45) is 10.9 Å². The molecule has 0 amide bonds. The Morgan fingerprint density at radius 2 is 2.03 bits per heavy atom. The lowest BCUT2D eigenvalue weighted by molar-refractivity contribution is 0.125. The van der Waals surface area contributed by atoms with Gasteiger partial charge >= 0.3 is 0 Å². The van der Waals surface area contributed by atoms with Crippen LogP contribution in [-0.2, 0) is 4.74 Å². The van der Waals surface area contributed by atoms with Gasteiger partial charge in [0.1, 0.15) is 11.4 Å². The van der Waals surface area contributed by atoms with E-state index < -0.39 is 17.4 Å². The maximum Gasteiger partial charge on any atom is 0.289 e. The number of hydrogen-bond donors (Lipinski definition) is 3. The minimum atomic E-state index is -0.920. The number of benzene rings is 2. The molecule has 1 aliphatic rings. The first-order chi connectivity index (χ1) is 17.9. The molecule has 0 spiro atoms. The molecule has 0 saturated heterocycles. The third-order valence-corrected chi connectivity index (χ3v) is 6.33. The molecule has 1 aliphatic heterocycles. The maximum absolute atomic E-state index is 15.1. The number of nitrogens with zero attached hydrogens (tertiary/aromatic N) is 3. The summed E-state index contributed by atoms with van der Waals surface area (Å²) in [7, 11) is 0. The van der Waals surface area contributed by atoms with E-state index in [2.05, 4.69) is 26.3 Å². The molecular formula is C27H23F2N5O3. The third-order valence-electron chi connectivity index (χ3n) is 6.33. The fourth-order valence-electron chi connectivity index (χ4n) is 4.19. The summed E-state index contributed by atoms with van der Waals surface area (Å²) in [6, 6.07) is 11.1. The van der Waals surface area contributed by atoms with E-state index >= 15 is 8.78 Å². The Hall–Kier alpha value is -4.49. The number of hydrogen-bond acceptors (Lipinski definition) is 7. The largest absolute Gasteiger partial charge is 0.465 e. The number of aliphatic imine (C=N–C) groups is 1. The van der Waals surface area contributed by atoms with E-state index in [1.165, 1.54) is 12.3 Å². The van der Waals surface area contributed by atoms with Gasteiger partial charge in [0.15, 0.2) is 17.4 Å². The molecule has 0 fully saturated rings. The molecule has 37 heavy (non-hydrogen) atoms. The van der Waals surface area contributed by atoms with Crippen LogP contribution in [-0.4, -0.2) is 40.4 Å². The van der Waals surface area contributed by atoms with Gasteiger partial charge in [0, 0.05) is 41.7 Å². The number of anilines is 1. The molecule has 4 aromatic rings. The van der Waals surface area contributed by atoms with Crippen LogP contribution in [0, 0.1) is 35.8 Å². The fraction of sp³-hybridized carbons (Fsp3) is 0.222. The Balaban J connectivity index is 1.46. The van der Waals surface area contributed by atoms with Crippen LogP contribution in [0.2, 0.25) is 0 Å². The van der Waals surface area contributed by atoms with E-state index in [0.29, 0.717) is 22.2 Å². The first-order valence-electron chi connectivity index (χ1n) is 11.6. The number of pyridine rings is 1. The fourth-order valence-corrected chi connectivity index (χ4v) is 4.19. The summed E-state index contributed by atoms with van der Waals surface area (Å²) in [5.41, 5.74) is 3.46. The second-order valence-electron chi connectivity index (χ2n) is 8.80. The highest BCUT2D eigenvalue weighted by molar-refractivity contribution is 5.98. The van der Waals surface area contributed by atoms with Crippen LogP contribution in [0.3, 0.4) is 0 Å². The number of aliphatic hydroxyl groups excluding tert-OH is 1. The van der Waals surface area contributed by atoms with Crippen molar-refractivity contribution in [2.75, 3.05) is 18.5 Å². The van der Waals surface area contributed by atoms with Crippen LogP contribution in [0.4, 0.5) is 14.5 Å². The number of aryl methyl sites for hydroxylation is 1. The summed E-state index contributed by atoms with van der Waals surface area (Å²) >= 11 is 0. The number of ether oxygens (including phenoxy) is 2. The molecule has 5 rings (SSSR count). The van der Waals surface area contributed by atoms with Crippen molar-refractivity contribution in [3.63, 3.8) is 0 Å². The standard InChI is InChI=1S/C27H23F2N5O3/c1-14-7-16(3-4-17(14)10-30)20-11-32-26-24(20)23(5-6-31-26)37-25-21(28)8-19(9-22(25)29)34-27-33-15(2)18(12-35)13-36-27/h3-9,11,15,18,35H,12-13H2,1-2H3,(H,31,32)(H,33,34). The van der Waals surface area contributed by atoms with Crippen LogP contribution in [0.5, 0.6) is 11.5 Å². The highest BCUT2D eigenvalue weighted by atomic mass is 19.1. The summed E-state index contributed by atoms with van der Waals surface area (Å²) in [6.45, 7) is 3.84. The zero-order valence-electron chi connectivity index (χ0n) is 20.0. The number of nitrogens with one attached hydrogen (secondary N) is 2. The van der Waals surface area contributed by atoms with Crippen molar-refractivity contribution in [2.45, 2.75) is 19.9 Å². The molecule has 2 aromatic carbocycles. The van der Waals surface area contributed by atoms with Crippen molar-refractivity contribution >= 4 is 22.7 Å². The van der Waals surface area contributed by atoms with Gasteiger partial charge < -0.3 is 24.9 Å². The summed E-state index contributed by atoms with van der Waals surface area (Å²) in [4.78, 5) is 11.6. The van der Waals surface area contributed by atoms with Gasteiger partial charge in [-0.2, -0.15) is 5.26 Å². The Kier molecular flexibility index (Phi) is 6.46. The maximum atomic E-state index is 15.1. The van der Waals surface area contributed by atoms with Crippen molar-refractivity contribution in [1.29, 1.82) is 5.26 Å². The predicted octanol–water partition coefficient (Wildman–Crippen LogP) is 5.28. The number of nitriles is 1. The van der Waals surface area contributed by atoms with Gasteiger partial charge in [0.05, 0.1) is 36.3 Å². The van der Waals surface area contributed by atoms with Crippen LogP contribution in [0.25, 0.3) is 22.2 Å². The molecule has 10 heteroatoms. The minimum absolute atomic E-state index is 0.0663. The number of amidine groups is 1. The van der Waals surface area contributed by atoms with Gasteiger partial charge in [-0.05, 0) is 37.1 Å². The topological polar surface area (TPSA) is 116 Å². The van der Waals surface area contributed by atoms with E-state index in [0.717, 1.165) is 23.3 Å². The molecule has 0 aliphatic carbocycles. The molecule has 2 unspecified atom stereocenters. The first-order valence-corrected chi connectivity index (χ1v) is 11.6. The highest BCUT2D eigenvalue weighted by Crippen LogP contribution is 2.39. The van der Waals surface area contributed by atoms with E-state index in [1.807, 2.05) is 19.9 Å². The lowest BCUT2D eigenvalue weighted by Gasteiger charge is -2.26. The smallest absolute Gasteiger partial charge is 0.289 e. The van der Waals surface area contributed by atoms with Crippen molar-refractivity contribution in [3.05, 3.63) is 71.6 Å². The summed E-state index contributed by atoms with van der Waals surface area (Å²) < 4.78 is 41.3. The summed E-state index contributed by atoms with van der Waals surface area (Å²) in [5, 5.41) is 21.9. The summed E-state index contributed by atoms with van der Waals surface area (Å²) in [5.74, 6) is -2.33. The highest BCUT2D eigenvalue weighted by Gasteiger charge is 2.24. The number of rotatable bonds is 5. The Labute approximate surface area is 211 Å². The van der Waals surface area contributed by atoms with Gasteiger partial charge in [-0.25, -0.2) is 18.8 Å². The van der Waals surface area contributed by atoms with Crippen molar-refractivity contribution < 1.29 is 23.4 Å². The van der Waals surface area contributed by atoms with Crippen LogP contribution in [0.15, 0.2) is 53.8 Å². The Morgan fingerprint density at radius 1 is 1.24 bits per heavy atom. The molecule has 0 saturated carbocycles. The van der Waals surface area contributed by atoms with Gasteiger partial charge in [-0.15, -0.1) is 0 Å². The molecule has 3 N–H and O–H groups in total. The van der Waals surface area contributed by atoms with E-state index in [9.17, 15) is 10.4 Å². The number of aromatic amines is 1. The lowest BCUT2D eigenvalue weighted by atomic mass is 10.0. The Bertz CT molecular complexity index is 1540. The molecule has 8 nitrogen and oxygen atoms in total. The van der Waals surface area contributed by atoms with E-state index in [-0.39, 0.29) is 42.6 Å². The van der Waals surface area contributed by atoms with E-state index in [4.69, 9.17) is 9.47 Å². The third kappa shape index (κ3) is 4.69. The van der Waals surface area contributed by atoms with Crippen molar-refractivity contribution in [1.82, 2.24) is 9.97 Å². The zero-order chi connectivity index (χ0) is 26.1. The monoisotopic (exact) mass is 503 g/mol. The number of aliphatic hydroxyl groups is 1. The SMILES string of the molecule is Cc1cc(-c2c[nH]c3nccc(Oc4c(F)cc(NC5=NC(C)C(CO)CO5)cc4F)c23)ccc1C#N. The van der Waals surface area contributed by atoms with Gasteiger partial charge in [-0.3, -0.25) is 0 Å².